The summed E-state index contributed by atoms with van der Waals surface area (Å²) in [6, 6.07) is 44.1. The smallest absolute Gasteiger partial charge is 0.193 e. The first-order valence-electron chi connectivity index (χ1n) is 14.7. The summed E-state index contributed by atoms with van der Waals surface area (Å²) in [7, 11) is 0. The first-order chi connectivity index (χ1) is 21.0. The molecule has 0 aliphatic heterocycles. The van der Waals surface area contributed by atoms with E-state index in [9.17, 15) is 4.79 Å². The molecule has 0 atom stereocenters. The highest BCUT2D eigenvalue weighted by Gasteiger charge is 2.37. The highest BCUT2D eigenvalue weighted by molar-refractivity contribution is 6.21. The molecule has 0 amide bonds. The summed E-state index contributed by atoms with van der Waals surface area (Å²) < 4.78 is 8.86. The molecule has 0 spiro atoms. The molecule has 0 saturated heterocycles. The average Bonchev–Trinajstić information content (AvgIpc) is 3.60. The van der Waals surface area contributed by atoms with Crippen molar-refractivity contribution in [1.29, 1.82) is 0 Å². The molecular weight excluding hydrogens is 526 g/mol. The van der Waals surface area contributed by atoms with Crippen LogP contribution in [0.1, 0.15) is 40.9 Å². The van der Waals surface area contributed by atoms with Gasteiger partial charge in [-0.05, 0) is 64.7 Å². The van der Waals surface area contributed by atoms with Gasteiger partial charge in [-0.15, -0.1) is 0 Å². The van der Waals surface area contributed by atoms with Gasteiger partial charge in [0, 0.05) is 43.8 Å². The molecule has 2 aromatic heterocycles. The fraction of sp³-hybridized carbons (Fsp3) is 0.0750. The lowest BCUT2D eigenvalue weighted by Gasteiger charge is -2.35. The highest BCUT2D eigenvalue weighted by atomic mass is 16.3. The number of furan rings is 1. The van der Waals surface area contributed by atoms with Gasteiger partial charge in [0.1, 0.15) is 5.58 Å². The van der Waals surface area contributed by atoms with Crippen molar-refractivity contribution in [3.05, 3.63) is 150 Å². The first kappa shape index (κ1) is 24.2. The molecule has 0 bridgehead atoms. The number of fused-ring (bicyclic) bond motifs is 9. The number of carbonyl (C=O) groups is 1. The van der Waals surface area contributed by atoms with Crippen molar-refractivity contribution < 1.29 is 9.21 Å². The van der Waals surface area contributed by atoms with Crippen molar-refractivity contribution in [2.24, 2.45) is 0 Å². The van der Waals surface area contributed by atoms with Crippen LogP contribution in [0.3, 0.4) is 0 Å². The van der Waals surface area contributed by atoms with E-state index in [4.69, 9.17) is 4.42 Å². The van der Waals surface area contributed by atoms with Gasteiger partial charge >= 0.3 is 0 Å². The molecule has 0 radical (unpaired) electrons. The maximum atomic E-state index is 14.1. The first-order valence-corrected chi connectivity index (χ1v) is 14.7. The predicted molar refractivity (Wildman–Crippen MR) is 175 cm³/mol. The van der Waals surface area contributed by atoms with E-state index in [0.717, 1.165) is 77.4 Å². The van der Waals surface area contributed by atoms with E-state index >= 15 is 0 Å². The molecule has 9 rings (SSSR count). The second-order valence-corrected chi connectivity index (χ2v) is 12.1. The molecule has 0 saturated carbocycles. The number of hydrogen-bond acceptors (Lipinski definition) is 2. The summed E-state index contributed by atoms with van der Waals surface area (Å²) in [5, 5.41) is 4.53. The van der Waals surface area contributed by atoms with Crippen LogP contribution in [-0.4, -0.2) is 10.4 Å². The monoisotopic (exact) mass is 553 g/mol. The van der Waals surface area contributed by atoms with Crippen molar-refractivity contribution in [3.8, 4) is 16.8 Å². The van der Waals surface area contributed by atoms with Crippen molar-refractivity contribution >= 4 is 49.5 Å². The molecule has 3 heteroatoms. The molecule has 0 unspecified atom stereocenters. The molecule has 43 heavy (non-hydrogen) atoms. The zero-order valence-corrected chi connectivity index (χ0v) is 23.9. The maximum Gasteiger partial charge on any atom is 0.193 e. The zero-order valence-electron chi connectivity index (χ0n) is 23.9. The number of ketones is 1. The number of hydrogen-bond donors (Lipinski definition) is 0. The van der Waals surface area contributed by atoms with Crippen LogP contribution in [-0.2, 0) is 5.41 Å². The standard InChI is InChI=1S/C40H27NO2/c1-40(2)33-21-16-25(24-10-4-3-5-11-24)22-32(33)38(42)31-18-17-26(23-34(31)40)41-35-14-8-6-12-27(35)29-19-20-30-28-13-7-9-15-36(28)43-39(30)37(29)41/h3-23H,1-2H3. The lowest BCUT2D eigenvalue weighted by molar-refractivity contribution is 0.103. The fourth-order valence-electron chi connectivity index (χ4n) is 7.26. The Kier molecular flexibility index (Phi) is 4.82. The van der Waals surface area contributed by atoms with Crippen molar-refractivity contribution in [3.63, 3.8) is 0 Å². The zero-order chi connectivity index (χ0) is 28.9. The Hall–Kier alpha value is -5.41. The van der Waals surface area contributed by atoms with Crippen molar-refractivity contribution in [1.82, 2.24) is 4.57 Å². The lowest BCUT2D eigenvalue weighted by atomic mass is 9.68. The van der Waals surface area contributed by atoms with Gasteiger partial charge in [-0.1, -0.05) is 98.8 Å². The normalized spacial score (nSPS) is 14.0. The van der Waals surface area contributed by atoms with Crippen LogP contribution in [0, 0.1) is 0 Å². The number of carbonyl (C=O) groups excluding carboxylic acids is 1. The molecule has 1 aliphatic carbocycles. The summed E-state index contributed by atoms with van der Waals surface area (Å²) in [5.74, 6) is 0.0792. The Morgan fingerprint density at radius 2 is 1.33 bits per heavy atom. The van der Waals surface area contributed by atoms with E-state index < -0.39 is 0 Å². The van der Waals surface area contributed by atoms with E-state index in [1.54, 1.807) is 0 Å². The summed E-state index contributed by atoms with van der Waals surface area (Å²) in [5.41, 5.74) is 10.4. The van der Waals surface area contributed by atoms with Gasteiger partial charge in [-0.2, -0.15) is 0 Å². The summed E-state index contributed by atoms with van der Waals surface area (Å²) in [6.07, 6.45) is 0. The predicted octanol–water partition coefficient (Wildman–Crippen LogP) is 10.2. The van der Waals surface area contributed by atoms with Gasteiger partial charge in [0.05, 0.1) is 11.0 Å². The second-order valence-electron chi connectivity index (χ2n) is 12.1. The number of benzene rings is 6. The Morgan fingerprint density at radius 3 is 2.19 bits per heavy atom. The van der Waals surface area contributed by atoms with Gasteiger partial charge in [0.15, 0.2) is 11.4 Å². The molecule has 8 aromatic rings. The minimum absolute atomic E-state index is 0.0792. The Labute approximate surface area is 248 Å². The quantitative estimate of drug-likeness (QED) is 0.213. The van der Waals surface area contributed by atoms with Gasteiger partial charge in [0.2, 0.25) is 0 Å². The van der Waals surface area contributed by atoms with Gasteiger partial charge in [-0.25, -0.2) is 0 Å². The molecule has 3 nitrogen and oxygen atoms in total. The molecule has 204 valence electrons. The molecule has 6 aromatic carbocycles. The second kappa shape index (κ2) is 8.56. The summed E-state index contributed by atoms with van der Waals surface area (Å²) in [4.78, 5) is 14.1. The van der Waals surface area contributed by atoms with E-state index in [2.05, 4.69) is 109 Å². The number of para-hydroxylation sites is 2. The van der Waals surface area contributed by atoms with Crippen LogP contribution < -0.4 is 0 Å². The van der Waals surface area contributed by atoms with Crippen LogP contribution in [0.4, 0.5) is 0 Å². The molecule has 0 fully saturated rings. The third-order valence-corrected chi connectivity index (χ3v) is 9.40. The van der Waals surface area contributed by atoms with Crippen LogP contribution in [0.2, 0.25) is 0 Å². The molecule has 0 N–H and O–H groups in total. The summed E-state index contributed by atoms with van der Waals surface area (Å²) in [6.45, 7) is 4.46. The topological polar surface area (TPSA) is 35.1 Å². The third-order valence-electron chi connectivity index (χ3n) is 9.40. The largest absolute Gasteiger partial charge is 0.454 e. The Balaban J connectivity index is 1.29. The summed E-state index contributed by atoms with van der Waals surface area (Å²) >= 11 is 0. The van der Waals surface area contributed by atoms with E-state index in [1.165, 1.54) is 5.39 Å². The fourth-order valence-corrected chi connectivity index (χ4v) is 7.26. The van der Waals surface area contributed by atoms with Crippen LogP contribution >= 0.6 is 0 Å². The van der Waals surface area contributed by atoms with Crippen LogP contribution in [0.5, 0.6) is 0 Å². The number of nitrogens with zero attached hydrogens (tertiary/aromatic N) is 1. The molecule has 1 aliphatic rings. The Morgan fingerprint density at radius 1 is 0.581 bits per heavy atom. The van der Waals surface area contributed by atoms with E-state index in [1.807, 2.05) is 36.4 Å². The van der Waals surface area contributed by atoms with Gasteiger partial charge in [-0.3, -0.25) is 4.79 Å². The van der Waals surface area contributed by atoms with Crippen LogP contribution in [0.15, 0.2) is 132 Å². The maximum absolute atomic E-state index is 14.1. The highest BCUT2D eigenvalue weighted by Crippen LogP contribution is 2.45. The SMILES string of the molecule is CC1(C)c2ccc(-c3ccccc3)cc2C(=O)c2ccc(-n3c4ccccc4c4ccc5c6ccccc6oc5c43)cc21. The van der Waals surface area contributed by atoms with E-state index in [0.29, 0.717) is 0 Å². The minimum atomic E-state index is -0.364. The van der Waals surface area contributed by atoms with Crippen LogP contribution in [0.25, 0.3) is 60.6 Å². The number of rotatable bonds is 2. The minimum Gasteiger partial charge on any atom is -0.454 e. The average molecular weight is 554 g/mol. The van der Waals surface area contributed by atoms with Crippen molar-refractivity contribution in [2.45, 2.75) is 19.3 Å². The van der Waals surface area contributed by atoms with E-state index in [-0.39, 0.29) is 11.2 Å². The Bertz CT molecular complexity index is 2440. The van der Waals surface area contributed by atoms with Gasteiger partial charge < -0.3 is 8.98 Å². The molecular formula is C40H27NO2. The van der Waals surface area contributed by atoms with Gasteiger partial charge in [0.25, 0.3) is 0 Å². The number of aromatic nitrogens is 1. The van der Waals surface area contributed by atoms with Crippen molar-refractivity contribution in [2.75, 3.05) is 0 Å². The molecule has 2 heterocycles. The third kappa shape index (κ3) is 3.28. The lowest BCUT2D eigenvalue weighted by Crippen LogP contribution is -2.30.